The number of thioether (sulfide) groups is 1. The van der Waals surface area contributed by atoms with Crippen molar-refractivity contribution in [2.75, 3.05) is 24.2 Å². The first-order chi connectivity index (χ1) is 14.2. The van der Waals surface area contributed by atoms with E-state index in [1.807, 2.05) is 54.6 Å². The van der Waals surface area contributed by atoms with E-state index in [0.717, 1.165) is 46.5 Å². The molecular weight excluding hydrogens is 450 g/mol. The van der Waals surface area contributed by atoms with Crippen molar-refractivity contribution in [3.05, 3.63) is 64.9 Å². The molecule has 0 atom stereocenters. The third-order valence-corrected chi connectivity index (χ3v) is 6.14. The second-order valence-electron chi connectivity index (χ2n) is 6.90. The maximum absolute atomic E-state index is 12.4. The van der Waals surface area contributed by atoms with Crippen LogP contribution in [-0.4, -0.2) is 44.4 Å². The standard InChI is InChI=1S/C21H22BrN5OS/c22-16-7-6-8-17(13-16)23-20(28)15-29-21-25-24-19(14-26-11-4-5-12-26)27(21)18-9-2-1-3-10-18/h1-3,6-10,13H,4-5,11-12,14-15H2,(H,23,28). The van der Waals surface area contributed by atoms with Gasteiger partial charge in [-0.1, -0.05) is 52.0 Å². The molecule has 2 aromatic carbocycles. The number of aromatic nitrogens is 3. The van der Waals surface area contributed by atoms with Gasteiger partial charge in [-0.3, -0.25) is 14.3 Å². The van der Waals surface area contributed by atoms with Crippen molar-refractivity contribution in [2.24, 2.45) is 0 Å². The lowest BCUT2D eigenvalue weighted by Crippen LogP contribution is -2.21. The van der Waals surface area contributed by atoms with Gasteiger partial charge in [0, 0.05) is 15.8 Å². The van der Waals surface area contributed by atoms with Gasteiger partial charge in [-0.2, -0.15) is 0 Å². The molecular formula is C21H22BrN5OS. The third-order valence-electron chi connectivity index (χ3n) is 4.72. The SMILES string of the molecule is O=C(CSc1nnc(CN2CCCC2)n1-c1ccccc1)Nc1cccc(Br)c1. The highest BCUT2D eigenvalue weighted by atomic mass is 79.9. The molecule has 8 heteroatoms. The summed E-state index contributed by atoms with van der Waals surface area (Å²) in [5.74, 6) is 1.10. The Kier molecular flexibility index (Phi) is 6.63. The lowest BCUT2D eigenvalue weighted by Gasteiger charge is -2.16. The average Bonchev–Trinajstić information content (AvgIpc) is 3.37. The number of likely N-dealkylation sites (tertiary alicyclic amines) is 1. The maximum atomic E-state index is 12.4. The average molecular weight is 472 g/mol. The monoisotopic (exact) mass is 471 g/mol. The normalized spacial score (nSPS) is 14.2. The first-order valence-electron chi connectivity index (χ1n) is 9.59. The number of carbonyl (C=O) groups excluding carboxylic acids is 1. The zero-order valence-corrected chi connectivity index (χ0v) is 18.3. The molecule has 0 unspecified atom stereocenters. The Labute approximate surface area is 182 Å². The summed E-state index contributed by atoms with van der Waals surface area (Å²) in [6.07, 6.45) is 2.47. The van der Waals surface area contributed by atoms with Gasteiger partial charge in [0.15, 0.2) is 11.0 Å². The number of hydrogen-bond donors (Lipinski definition) is 1. The molecule has 0 spiro atoms. The molecule has 1 aromatic heterocycles. The third kappa shape index (κ3) is 5.26. The summed E-state index contributed by atoms with van der Waals surface area (Å²) in [5, 5.41) is 12.5. The summed E-state index contributed by atoms with van der Waals surface area (Å²) in [7, 11) is 0. The molecule has 4 rings (SSSR count). The molecule has 2 heterocycles. The van der Waals surface area contributed by atoms with Crippen molar-refractivity contribution >= 4 is 39.3 Å². The fourth-order valence-electron chi connectivity index (χ4n) is 3.37. The van der Waals surface area contributed by atoms with E-state index in [4.69, 9.17) is 0 Å². The number of anilines is 1. The van der Waals surface area contributed by atoms with Crippen LogP contribution in [0.4, 0.5) is 5.69 Å². The highest BCUT2D eigenvalue weighted by Crippen LogP contribution is 2.24. The van der Waals surface area contributed by atoms with Gasteiger partial charge in [0.1, 0.15) is 0 Å². The zero-order chi connectivity index (χ0) is 20.1. The quantitative estimate of drug-likeness (QED) is 0.518. The highest BCUT2D eigenvalue weighted by Gasteiger charge is 2.20. The van der Waals surface area contributed by atoms with E-state index < -0.39 is 0 Å². The van der Waals surface area contributed by atoms with Crippen LogP contribution < -0.4 is 5.32 Å². The molecule has 0 radical (unpaired) electrons. The van der Waals surface area contributed by atoms with Crippen LogP contribution >= 0.6 is 27.7 Å². The Balaban J connectivity index is 1.49. The van der Waals surface area contributed by atoms with Crippen molar-refractivity contribution in [2.45, 2.75) is 24.5 Å². The Hall–Kier alpha value is -2.16. The summed E-state index contributed by atoms with van der Waals surface area (Å²) in [6.45, 7) is 2.96. The molecule has 1 amide bonds. The Morgan fingerprint density at radius 2 is 1.86 bits per heavy atom. The zero-order valence-electron chi connectivity index (χ0n) is 15.9. The Morgan fingerprint density at radius 1 is 1.07 bits per heavy atom. The minimum absolute atomic E-state index is 0.0724. The van der Waals surface area contributed by atoms with E-state index in [1.165, 1.54) is 24.6 Å². The molecule has 1 N–H and O–H groups in total. The fourth-order valence-corrected chi connectivity index (χ4v) is 4.54. The number of para-hydroxylation sites is 1. The van der Waals surface area contributed by atoms with Gasteiger partial charge in [0.2, 0.25) is 5.91 Å². The van der Waals surface area contributed by atoms with E-state index >= 15 is 0 Å². The topological polar surface area (TPSA) is 63.1 Å². The number of carbonyl (C=O) groups is 1. The van der Waals surface area contributed by atoms with Crippen LogP contribution in [0.15, 0.2) is 64.2 Å². The van der Waals surface area contributed by atoms with Gasteiger partial charge >= 0.3 is 0 Å². The Bertz CT molecular complexity index is 972. The second-order valence-corrected chi connectivity index (χ2v) is 8.76. The molecule has 0 aliphatic carbocycles. The van der Waals surface area contributed by atoms with Crippen LogP contribution in [0.25, 0.3) is 5.69 Å². The summed E-state index contributed by atoms with van der Waals surface area (Å²) in [5.41, 5.74) is 1.78. The number of benzene rings is 2. The number of rotatable bonds is 7. The van der Waals surface area contributed by atoms with Gasteiger partial charge in [0.05, 0.1) is 12.3 Å². The lowest BCUT2D eigenvalue weighted by molar-refractivity contribution is -0.113. The maximum Gasteiger partial charge on any atom is 0.234 e. The minimum Gasteiger partial charge on any atom is -0.325 e. The van der Waals surface area contributed by atoms with E-state index in [9.17, 15) is 4.79 Å². The highest BCUT2D eigenvalue weighted by molar-refractivity contribution is 9.10. The van der Waals surface area contributed by atoms with Gasteiger partial charge in [-0.15, -0.1) is 10.2 Å². The van der Waals surface area contributed by atoms with Gasteiger partial charge in [-0.05, 0) is 56.3 Å². The molecule has 1 fully saturated rings. The lowest BCUT2D eigenvalue weighted by atomic mass is 10.3. The number of amides is 1. The first kappa shape index (κ1) is 20.1. The molecule has 3 aromatic rings. The Morgan fingerprint density at radius 3 is 2.62 bits per heavy atom. The van der Waals surface area contributed by atoms with E-state index in [1.54, 1.807) is 0 Å². The van der Waals surface area contributed by atoms with Gasteiger partial charge in [0.25, 0.3) is 0 Å². The van der Waals surface area contributed by atoms with Crippen LogP contribution in [-0.2, 0) is 11.3 Å². The summed E-state index contributed by atoms with van der Waals surface area (Å²) >= 11 is 4.82. The number of hydrogen-bond acceptors (Lipinski definition) is 5. The molecule has 150 valence electrons. The molecule has 29 heavy (non-hydrogen) atoms. The molecule has 1 aliphatic heterocycles. The minimum atomic E-state index is -0.0724. The number of nitrogens with zero attached hydrogens (tertiary/aromatic N) is 4. The summed E-state index contributed by atoms with van der Waals surface area (Å²) in [4.78, 5) is 14.8. The largest absolute Gasteiger partial charge is 0.325 e. The summed E-state index contributed by atoms with van der Waals surface area (Å²) in [6, 6.07) is 17.7. The van der Waals surface area contributed by atoms with Crippen molar-refractivity contribution in [3.8, 4) is 5.69 Å². The van der Waals surface area contributed by atoms with Crippen molar-refractivity contribution in [3.63, 3.8) is 0 Å². The van der Waals surface area contributed by atoms with Crippen LogP contribution in [0.2, 0.25) is 0 Å². The molecule has 0 saturated carbocycles. The molecule has 0 bridgehead atoms. The predicted molar refractivity (Wildman–Crippen MR) is 119 cm³/mol. The number of nitrogens with one attached hydrogen (secondary N) is 1. The smallest absolute Gasteiger partial charge is 0.234 e. The van der Waals surface area contributed by atoms with Crippen LogP contribution in [0.5, 0.6) is 0 Å². The van der Waals surface area contributed by atoms with E-state index in [-0.39, 0.29) is 11.7 Å². The molecule has 6 nitrogen and oxygen atoms in total. The van der Waals surface area contributed by atoms with Gasteiger partial charge in [-0.25, -0.2) is 0 Å². The first-order valence-corrected chi connectivity index (χ1v) is 11.4. The fraction of sp³-hybridized carbons (Fsp3) is 0.286. The van der Waals surface area contributed by atoms with Crippen molar-refractivity contribution in [1.82, 2.24) is 19.7 Å². The predicted octanol–water partition coefficient (Wildman–Crippen LogP) is 4.36. The van der Waals surface area contributed by atoms with E-state index in [2.05, 4.69) is 40.9 Å². The number of halogens is 1. The van der Waals surface area contributed by atoms with Crippen molar-refractivity contribution < 1.29 is 4.79 Å². The second kappa shape index (κ2) is 9.56. The molecule has 1 saturated heterocycles. The van der Waals surface area contributed by atoms with Crippen LogP contribution in [0.3, 0.4) is 0 Å². The summed E-state index contributed by atoms with van der Waals surface area (Å²) < 4.78 is 2.99. The van der Waals surface area contributed by atoms with Gasteiger partial charge < -0.3 is 5.32 Å². The molecule has 1 aliphatic rings. The van der Waals surface area contributed by atoms with Crippen LogP contribution in [0.1, 0.15) is 18.7 Å². The van der Waals surface area contributed by atoms with E-state index in [0.29, 0.717) is 0 Å². The van der Waals surface area contributed by atoms with Crippen molar-refractivity contribution in [1.29, 1.82) is 0 Å². The van der Waals surface area contributed by atoms with Crippen LogP contribution in [0, 0.1) is 0 Å².